The number of methoxy groups -OCH3 is 1. The van der Waals surface area contributed by atoms with E-state index in [-0.39, 0.29) is 18.0 Å². The van der Waals surface area contributed by atoms with Crippen molar-refractivity contribution in [2.45, 2.75) is 6.42 Å². The number of nitrogens with one attached hydrogen (secondary N) is 1. The van der Waals surface area contributed by atoms with E-state index in [0.717, 1.165) is 5.56 Å². The highest BCUT2D eigenvalue weighted by Gasteiger charge is 2.25. The summed E-state index contributed by atoms with van der Waals surface area (Å²) in [5.41, 5.74) is 2.75. The van der Waals surface area contributed by atoms with Crippen LogP contribution >= 0.6 is 0 Å². The lowest BCUT2D eigenvalue weighted by Crippen LogP contribution is -2.05. The lowest BCUT2D eigenvalue weighted by Gasteiger charge is -2.11. The maximum atomic E-state index is 11.6. The number of carbonyl (C=O) groups is 2. The molecular formula is C14H13N3O4. The summed E-state index contributed by atoms with van der Waals surface area (Å²) in [6.45, 7) is 0. The van der Waals surface area contributed by atoms with Crippen LogP contribution in [0.15, 0.2) is 18.2 Å². The quantitative estimate of drug-likeness (QED) is 0.887. The molecule has 3 rings (SSSR count). The second kappa shape index (κ2) is 4.62. The number of carbonyl (C=O) groups excluding carboxylic acids is 1. The third-order valence-electron chi connectivity index (χ3n) is 3.42. The van der Waals surface area contributed by atoms with Crippen LogP contribution in [0, 0.1) is 0 Å². The van der Waals surface area contributed by atoms with E-state index in [1.807, 2.05) is 0 Å². The summed E-state index contributed by atoms with van der Waals surface area (Å²) in [6.07, 6.45) is 0.281. The molecule has 21 heavy (non-hydrogen) atoms. The molecule has 1 aromatic heterocycles. The summed E-state index contributed by atoms with van der Waals surface area (Å²) < 4.78 is 6.72. The number of carboxylic acid groups (broad SMARTS) is 1. The average molecular weight is 287 g/mol. The van der Waals surface area contributed by atoms with E-state index in [2.05, 4.69) is 10.4 Å². The van der Waals surface area contributed by atoms with Gasteiger partial charge in [-0.3, -0.25) is 9.48 Å². The Kier molecular flexibility index (Phi) is 2.90. The van der Waals surface area contributed by atoms with Gasteiger partial charge in [0.15, 0.2) is 5.69 Å². The van der Waals surface area contributed by atoms with Crippen molar-refractivity contribution >= 4 is 17.6 Å². The van der Waals surface area contributed by atoms with Crippen molar-refractivity contribution in [2.24, 2.45) is 7.05 Å². The summed E-state index contributed by atoms with van der Waals surface area (Å²) in [7, 11) is 3.20. The molecule has 0 unspecified atom stereocenters. The molecule has 0 radical (unpaired) electrons. The predicted octanol–water partition coefficient (Wildman–Crippen LogP) is 1.29. The highest BCUT2D eigenvalue weighted by molar-refractivity contribution is 6.04. The predicted molar refractivity (Wildman–Crippen MR) is 74.5 cm³/mol. The van der Waals surface area contributed by atoms with Crippen LogP contribution in [0.2, 0.25) is 0 Å². The van der Waals surface area contributed by atoms with Crippen molar-refractivity contribution in [3.05, 3.63) is 29.5 Å². The Morgan fingerprint density at radius 3 is 2.81 bits per heavy atom. The van der Waals surface area contributed by atoms with Crippen molar-refractivity contribution in [1.82, 2.24) is 9.78 Å². The zero-order valence-electron chi connectivity index (χ0n) is 11.5. The van der Waals surface area contributed by atoms with Gasteiger partial charge in [0.05, 0.1) is 24.9 Å². The molecule has 1 amide bonds. The molecule has 0 saturated carbocycles. The van der Waals surface area contributed by atoms with E-state index in [9.17, 15) is 9.59 Å². The maximum absolute atomic E-state index is 11.6. The van der Waals surface area contributed by atoms with E-state index in [1.165, 1.54) is 10.7 Å². The van der Waals surface area contributed by atoms with Crippen LogP contribution in [0.4, 0.5) is 5.69 Å². The molecule has 0 spiro atoms. The van der Waals surface area contributed by atoms with E-state index in [4.69, 9.17) is 9.84 Å². The molecule has 7 heteroatoms. The number of ether oxygens (including phenoxy) is 1. The minimum atomic E-state index is -1.10. The zero-order chi connectivity index (χ0) is 15.1. The first-order valence-corrected chi connectivity index (χ1v) is 6.28. The molecule has 0 fully saturated rings. The van der Waals surface area contributed by atoms with Crippen molar-refractivity contribution in [3.63, 3.8) is 0 Å². The molecule has 2 N–H and O–H groups in total. The maximum Gasteiger partial charge on any atom is 0.356 e. The molecule has 2 heterocycles. The smallest absolute Gasteiger partial charge is 0.356 e. The van der Waals surface area contributed by atoms with Crippen LogP contribution in [0.25, 0.3) is 11.3 Å². The van der Waals surface area contributed by atoms with Gasteiger partial charge in [-0.2, -0.15) is 5.10 Å². The van der Waals surface area contributed by atoms with Gasteiger partial charge in [0.1, 0.15) is 5.75 Å². The van der Waals surface area contributed by atoms with Crippen LogP contribution in [-0.2, 0) is 18.3 Å². The molecule has 7 nitrogen and oxygen atoms in total. The Morgan fingerprint density at radius 1 is 1.43 bits per heavy atom. The molecule has 0 saturated heterocycles. The number of nitrogens with zero attached hydrogens (tertiary/aromatic N) is 2. The normalized spacial score (nSPS) is 13.0. The highest BCUT2D eigenvalue weighted by atomic mass is 16.5. The first-order chi connectivity index (χ1) is 9.99. The van der Waals surface area contributed by atoms with Gasteiger partial charge in [0.25, 0.3) is 0 Å². The van der Waals surface area contributed by atoms with Crippen molar-refractivity contribution < 1.29 is 19.4 Å². The number of anilines is 1. The summed E-state index contributed by atoms with van der Waals surface area (Å²) >= 11 is 0. The molecule has 1 aromatic carbocycles. The van der Waals surface area contributed by atoms with Crippen molar-refractivity contribution in [2.75, 3.05) is 12.4 Å². The van der Waals surface area contributed by atoms with Crippen LogP contribution < -0.4 is 10.1 Å². The Morgan fingerprint density at radius 2 is 2.19 bits per heavy atom. The first kappa shape index (κ1) is 13.2. The molecule has 0 bridgehead atoms. The van der Waals surface area contributed by atoms with E-state index in [1.54, 1.807) is 26.3 Å². The zero-order valence-corrected chi connectivity index (χ0v) is 11.5. The Bertz CT molecular complexity index is 764. The average Bonchev–Trinajstić information content (AvgIpc) is 2.99. The van der Waals surface area contributed by atoms with Gasteiger partial charge in [0.2, 0.25) is 5.91 Å². The molecule has 108 valence electrons. The Labute approximate surface area is 120 Å². The number of aromatic nitrogens is 2. The van der Waals surface area contributed by atoms with Gasteiger partial charge in [-0.05, 0) is 23.8 Å². The van der Waals surface area contributed by atoms with E-state index < -0.39 is 5.97 Å². The number of aryl methyl sites for hydroxylation is 1. The van der Waals surface area contributed by atoms with Crippen LogP contribution in [0.3, 0.4) is 0 Å². The Balaban J connectivity index is 2.21. The minimum absolute atomic E-state index is 0.0478. The molecule has 1 aliphatic rings. The summed E-state index contributed by atoms with van der Waals surface area (Å²) in [6, 6.07) is 5.03. The van der Waals surface area contributed by atoms with Crippen LogP contribution in [0.5, 0.6) is 5.75 Å². The number of carboxylic acids is 1. The van der Waals surface area contributed by atoms with Gasteiger partial charge < -0.3 is 15.2 Å². The fourth-order valence-corrected chi connectivity index (χ4v) is 2.46. The topological polar surface area (TPSA) is 93.4 Å². The molecule has 2 aromatic rings. The second-order valence-electron chi connectivity index (χ2n) is 4.78. The number of rotatable bonds is 3. The van der Waals surface area contributed by atoms with Gasteiger partial charge in [-0.1, -0.05) is 0 Å². The van der Waals surface area contributed by atoms with Crippen LogP contribution in [-0.4, -0.2) is 33.9 Å². The molecule has 0 atom stereocenters. The number of hydrogen-bond acceptors (Lipinski definition) is 4. The molecule has 1 aliphatic heterocycles. The minimum Gasteiger partial charge on any atom is -0.497 e. The lowest BCUT2D eigenvalue weighted by molar-refractivity contribution is -0.115. The van der Waals surface area contributed by atoms with Gasteiger partial charge >= 0.3 is 5.97 Å². The van der Waals surface area contributed by atoms with E-state index >= 15 is 0 Å². The highest BCUT2D eigenvalue weighted by Crippen LogP contribution is 2.38. The SMILES string of the molecule is COc1cc2c(c(-c3cc(C(=O)O)nn3C)c1)NC(=O)C2. The first-order valence-electron chi connectivity index (χ1n) is 6.28. The van der Waals surface area contributed by atoms with E-state index in [0.29, 0.717) is 22.7 Å². The third kappa shape index (κ3) is 2.12. The number of hydrogen-bond donors (Lipinski definition) is 2. The second-order valence-corrected chi connectivity index (χ2v) is 4.78. The molecular weight excluding hydrogens is 274 g/mol. The summed E-state index contributed by atoms with van der Waals surface area (Å²) in [4.78, 5) is 22.6. The van der Waals surface area contributed by atoms with Gasteiger partial charge in [-0.15, -0.1) is 0 Å². The fourth-order valence-electron chi connectivity index (χ4n) is 2.46. The number of aromatic carboxylic acids is 1. The van der Waals surface area contributed by atoms with Crippen LogP contribution in [0.1, 0.15) is 16.1 Å². The number of fused-ring (bicyclic) bond motifs is 1. The van der Waals surface area contributed by atoms with Gasteiger partial charge in [-0.25, -0.2) is 4.79 Å². The fraction of sp³-hybridized carbons (Fsp3) is 0.214. The van der Waals surface area contributed by atoms with Gasteiger partial charge in [0, 0.05) is 12.6 Å². The Hall–Kier alpha value is -2.83. The third-order valence-corrected chi connectivity index (χ3v) is 3.42. The largest absolute Gasteiger partial charge is 0.497 e. The lowest BCUT2D eigenvalue weighted by atomic mass is 10.0. The summed E-state index contributed by atoms with van der Waals surface area (Å²) in [5.74, 6) is -0.584. The standard InChI is InChI=1S/C14H13N3O4/c1-17-11(6-10(16-17)14(19)20)9-5-8(21-2)3-7-4-12(18)15-13(7)9/h3,5-6H,4H2,1-2H3,(H,15,18)(H,19,20). The number of amides is 1. The monoisotopic (exact) mass is 287 g/mol. The van der Waals surface area contributed by atoms with Crippen molar-refractivity contribution in [3.8, 4) is 17.0 Å². The molecule has 0 aliphatic carbocycles. The van der Waals surface area contributed by atoms with Crippen molar-refractivity contribution in [1.29, 1.82) is 0 Å². The summed E-state index contributed by atoms with van der Waals surface area (Å²) in [5, 5.41) is 15.8. The number of benzene rings is 1.